The standard InChI is InChI=1S/C32H34FN3O/c1-3-36(16-4-6-25-21-35-31-14-7-23(2)18-29(25)31)17-5-15-32(27-9-11-28(33)12-10-27)30-13-8-24(20-34)19-26(30)22-37-32/h7-14,18-19,21,35H,3-6,15-17,22H2,1-2H3. The zero-order valence-corrected chi connectivity index (χ0v) is 21.7. The number of ether oxygens (including phenoxy) is 1. The van der Waals surface area contributed by atoms with Gasteiger partial charge in [0, 0.05) is 17.1 Å². The summed E-state index contributed by atoms with van der Waals surface area (Å²) in [5, 5.41) is 10.7. The van der Waals surface area contributed by atoms with Gasteiger partial charge in [-0.3, -0.25) is 0 Å². The Labute approximate surface area is 218 Å². The van der Waals surface area contributed by atoms with Gasteiger partial charge in [-0.1, -0.05) is 36.8 Å². The molecule has 4 nitrogen and oxygen atoms in total. The van der Waals surface area contributed by atoms with Crippen molar-refractivity contribution in [3.05, 3.63) is 106 Å². The number of aromatic nitrogens is 1. The maximum Gasteiger partial charge on any atom is 0.123 e. The molecule has 0 aliphatic carbocycles. The molecule has 5 heteroatoms. The minimum atomic E-state index is -0.613. The van der Waals surface area contributed by atoms with Crippen molar-refractivity contribution in [3.63, 3.8) is 0 Å². The number of nitrogens with zero attached hydrogens (tertiary/aromatic N) is 2. The molecule has 0 fully saturated rings. The van der Waals surface area contributed by atoms with Gasteiger partial charge in [0.1, 0.15) is 11.4 Å². The molecular weight excluding hydrogens is 461 g/mol. The van der Waals surface area contributed by atoms with Gasteiger partial charge in [0.15, 0.2) is 0 Å². The first-order chi connectivity index (χ1) is 18.0. The number of nitriles is 1. The predicted octanol–water partition coefficient (Wildman–Crippen LogP) is 7.00. The molecule has 2 heterocycles. The third kappa shape index (κ3) is 5.18. The number of nitrogens with one attached hydrogen (secondary N) is 1. The molecule has 1 atom stereocenters. The van der Waals surface area contributed by atoms with E-state index in [2.05, 4.69) is 54.2 Å². The number of H-pyrrole nitrogens is 1. The van der Waals surface area contributed by atoms with E-state index >= 15 is 0 Å². The van der Waals surface area contributed by atoms with E-state index in [9.17, 15) is 9.65 Å². The maximum absolute atomic E-state index is 13.7. The van der Waals surface area contributed by atoms with Crippen LogP contribution >= 0.6 is 0 Å². The molecular formula is C32H34FN3O. The van der Waals surface area contributed by atoms with Crippen LogP contribution in [0.1, 0.15) is 59.6 Å². The molecule has 4 aromatic rings. The molecule has 1 aliphatic heterocycles. The highest BCUT2D eigenvalue weighted by Gasteiger charge is 2.41. The van der Waals surface area contributed by atoms with Crippen molar-refractivity contribution in [1.82, 2.24) is 9.88 Å². The van der Waals surface area contributed by atoms with E-state index in [0.29, 0.717) is 12.2 Å². The van der Waals surface area contributed by atoms with Gasteiger partial charge in [0.05, 0.1) is 18.2 Å². The Morgan fingerprint density at radius 2 is 1.86 bits per heavy atom. The second-order valence-corrected chi connectivity index (χ2v) is 10.1. The van der Waals surface area contributed by atoms with Gasteiger partial charge in [-0.05, 0) is 111 Å². The molecule has 1 N–H and O–H groups in total. The molecule has 3 aromatic carbocycles. The van der Waals surface area contributed by atoms with Crippen molar-refractivity contribution in [2.45, 2.75) is 51.7 Å². The van der Waals surface area contributed by atoms with Crippen LogP contribution in [0.4, 0.5) is 4.39 Å². The average Bonchev–Trinajstić information content (AvgIpc) is 3.49. The molecule has 0 bridgehead atoms. The van der Waals surface area contributed by atoms with Crippen LogP contribution in [0.15, 0.2) is 66.9 Å². The van der Waals surface area contributed by atoms with Crippen LogP contribution in [0.25, 0.3) is 10.9 Å². The lowest BCUT2D eigenvalue weighted by Crippen LogP contribution is -2.31. The molecule has 1 aliphatic rings. The van der Waals surface area contributed by atoms with E-state index in [4.69, 9.17) is 4.74 Å². The topological polar surface area (TPSA) is 52.0 Å². The van der Waals surface area contributed by atoms with Gasteiger partial charge in [-0.2, -0.15) is 5.26 Å². The molecule has 190 valence electrons. The first-order valence-corrected chi connectivity index (χ1v) is 13.2. The van der Waals surface area contributed by atoms with Crippen molar-refractivity contribution in [3.8, 4) is 6.07 Å². The molecule has 1 unspecified atom stereocenters. The van der Waals surface area contributed by atoms with Crippen LogP contribution in [0, 0.1) is 24.1 Å². The summed E-state index contributed by atoms with van der Waals surface area (Å²) in [5.41, 5.74) is 7.02. The van der Waals surface area contributed by atoms with Crippen LogP contribution in [0.3, 0.4) is 0 Å². The Bertz CT molecular complexity index is 1420. The van der Waals surface area contributed by atoms with Crippen LogP contribution in [0.2, 0.25) is 0 Å². The summed E-state index contributed by atoms with van der Waals surface area (Å²) in [6, 6.07) is 21.3. The first kappa shape index (κ1) is 25.2. The number of fused-ring (bicyclic) bond motifs is 2. The number of halogens is 1. The highest BCUT2D eigenvalue weighted by molar-refractivity contribution is 5.83. The molecule has 0 amide bonds. The summed E-state index contributed by atoms with van der Waals surface area (Å²) in [7, 11) is 0. The fourth-order valence-corrected chi connectivity index (χ4v) is 5.74. The number of rotatable bonds is 10. The molecule has 37 heavy (non-hydrogen) atoms. The molecule has 1 aromatic heterocycles. The van der Waals surface area contributed by atoms with Crippen molar-refractivity contribution >= 4 is 10.9 Å². The summed E-state index contributed by atoms with van der Waals surface area (Å²) in [5.74, 6) is -0.250. The summed E-state index contributed by atoms with van der Waals surface area (Å²) < 4.78 is 20.2. The van der Waals surface area contributed by atoms with Crippen molar-refractivity contribution in [1.29, 1.82) is 5.26 Å². The van der Waals surface area contributed by atoms with Crippen LogP contribution in [0.5, 0.6) is 0 Å². The van der Waals surface area contributed by atoms with Gasteiger partial charge in [-0.25, -0.2) is 4.39 Å². The monoisotopic (exact) mass is 495 g/mol. The Morgan fingerprint density at radius 3 is 2.65 bits per heavy atom. The largest absolute Gasteiger partial charge is 0.361 e. The summed E-state index contributed by atoms with van der Waals surface area (Å²) >= 11 is 0. The first-order valence-electron chi connectivity index (χ1n) is 13.2. The maximum atomic E-state index is 13.7. The molecule has 5 rings (SSSR count). The van der Waals surface area contributed by atoms with Crippen molar-refractivity contribution < 1.29 is 9.13 Å². The molecule has 0 radical (unpaired) electrons. The van der Waals surface area contributed by atoms with E-state index < -0.39 is 5.60 Å². The van der Waals surface area contributed by atoms with Crippen molar-refractivity contribution in [2.24, 2.45) is 0 Å². The Hall–Kier alpha value is -3.46. The minimum Gasteiger partial charge on any atom is -0.361 e. The Morgan fingerprint density at radius 1 is 1.05 bits per heavy atom. The van der Waals surface area contributed by atoms with E-state index in [0.717, 1.165) is 62.0 Å². The van der Waals surface area contributed by atoms with E-state index in [-0.39, 0.29) is 5.82 Å². The second-order valence-electron chi connectivity index (χ2n) is 10.1. The van der Waals surface area contributed by atoms with Crippen molar-refractivity contribution in [2.75, 3.05) is 19.6 Å². The van der Waals surface area contributed by atoms with Gasteiger partial charge in [0.2, 0.25) is 0 Å². The number of benzene rings is 3. The summed E-state index contributed by atoms with van der Waals surface area (Å²) in [6.45, 7) is 7.84. The summed E-state index contributed by atoms with van der Waals surface area (Å²) in [4.78, 5) is 5.91. The highest BCUT2D eigenvalue weighted by atomic mass is 19.1. The fourth-order valence-electron chi connectivity index (χ4n) is 5.74. The quantitative estimate of drug-likeness (QED) is 0.258. The van der Waals surface area contributed by atoms with E-state index in [1.54, 1.807) is 0 Å². The smallest absolute Gasteiger partial charge is 0.123 e. The van der Waals surface area contributed by atoms with Gasteiger partial charge in [-0.15, -0.1) is 0 Å². The highest BCUT2D eigenvalue weighted by Crippen LogP contribution is 2.45. The molecule has 0 saturated heterocycles. The number of hydrogen-bond acceptors (Lipinski definition) is 3. The van der Waals surface area contributed by atoms with Gasteiger partial charge >= 0.3 is 0 Å². The van der Waals surface area contributed by atoms with Crippen LogP contribution < -0.4 is 0 Å². The number of hydrogen-bond donors (Lipinski definition) is 1. The average molecular weight is 496 g/mol. The van der Waals surface area contributed by atoms with Crippen LogP contribution in [-0.2, 0) is 23.4 Å². The third-order valence-electron chi connectivity index (χ3n) is 7.75. The Balaban J connectivity index is 1.25. The fraction of sp³-hybridized carbons (Fsp3) is 0.344. The Kier molecular flexibility index (Phi) is 7.41. The van der Waals surface area contributed by atoms with E-state index in [1.165, 1.54) is 34.2 Å². The third-order valence-corrected chi connectivity index (χ3v) is 7.75. The lowest BCUT2D eigenvalue weighted by atomic mass is 9.81. The second kappa shape index (κ2) is 10.9. The van der Waals surface area contributed by atoms with Gasteiger partial charge in [0.25, 0.3) is 0 Å². The lowest BCUT2D eigenvalue weighted by molar-refractivity contribution is -0.0145. The number of aryl methyl sites for hydroxylation is 2. The zero-order valence-electron chi connectivity index (χ0n) is 21.7. The summed E-state index contributed by atoms with van der Waals surface area (Å²) in [6.07, 6.45) is 6.07. The SMILES string of the molecule is CCN(CCCc1c[nH]c2ccc(C)cc12)CCCC1(c2ccc(F)cc2)OCc2cc(C#N)ccc21. The molecule has 0 spiro atoms. The van der Waals surface area contributed by atoms with Gasteiger partial charge < -0.3 is 14.6 Å². The predicted molar refractivity (Wildman–Crippen MR) is 146 cm³/mol. The van der Waals surface area contributed by atoms with Crippen LogP contribution in [-0.4, -0.2) is 29.5 Å². The minimum absolute atomic E-state index is 0.250. The normalized spacial score (nSPS) is 16.8. The van der Waals surface area contributed by atoms with E-state index in [1.807, 2.05) is 30.3 Å². The molecule has 0 saturated carbocycles. The lowest BCUT2D eigenvalue weighted by Gasteiger charge is -2.32. The zero-order chi connectivity index (χ0) is 25.8. The number of aromatic amines is 1.